The largest absolute Gasteiger partial charge is 0.338 e. The number of benzene rings is 2. The lowest BCUT2D eigenvalue weighted by Gasteiger charge is -2.32. The summed E-state index contributed by atoms with van der Waals surface area (Å²) < 4.78 is 26.4. The number of carbonyl (C=O) groups is 1. The zero-order chi connectivity index (χ0) is 19.7. The molecule has 2 aromatic carbocycles. The number of aryl methyl sites for hydroxylation is 1. The Balaban J connectivity index is 1.82. The van der Waals surface area contributed by atoms with Gasteiger partial charge in [-0.15, -0.1) is 0 Å². The predicted molar refractivity (Wildman–Crippen MR) is 110 cm³/mol. The zero-order valence-corrected chi connectivity index (χ0v) is 16.8. The number of piperidine rings is 1. The van der Waals surface area contributed by atoms with Crippen molar-refractivity contribution in [2.24, 2.45) is 0 Å². The topological polar surface area (TPSA) is 57.7 Å². The third kappa shape index (κ3) is 3.22. The first-order valence-corrected chi connectivity index (χ1v) is 11.2. The summed E-state index contributed by atoms with van der Waals surface area (Å²) in [7, 11) is -3.86. The van der Waals surface area contributed by atoms with E-state index >= 15 is 0 Å². The maximum atomic E-state index is 13.2. The maximum Gasteiger partial charge on any atom is 0.267 e. The summed E-state index contributed by atoms with van der Waals surface area (Å²) in [6, 6.07) is 14.9. The lowest BCUT2D eigenvalue weighted by Crippen LogP contribution is -2.39. The molecule has 0 spiro atoms. The Kier molecular flexibility index (Phi) is 4.98. The van der Waals surface area contributed by atoms with Crippen LogP contribution in [-0.4, -0.2) is 32.3 Å². The van der Waals surface area contributed by atoms with E-state index < -0.39 is 15.7 Å². The van der Waals surface area contributed by atoms with Crippen molar-refractivity contribution >= 4 is 27.1 Å². The van der Waals surface area contributed by atoms with Gasteiger partial charge < -0.3 is 9.80 Å². The van der Waals surface area contributed by atoms with E-state index in [4.69, 9.17) is 0 Å². The van der Waals surface area contributed by atoms with Crippen molar-refractivity contribution in [3.63, 3.8) is 0 Å². The van der Waals surface area contributed by atoms with Gasteiger partial charge in [-0.3, -0.25) is 4.79 Å². The fraction of sp³-hybridized carbons (Fsp3) is 0.318. The smallest absolute Gasteiger partial charge is 0.267 e. The molecule has 2 aromatic rings. The molecule has 0 N–H and O–H groups in total. The van der Waals surface area contributed by atoms with Crippen molar-refractivity contribution in [3.05, 3.63) is 65.2 Å². The van der Waals surface area contributed by atoms with E-state index in [2.05, 4.69) is 6.92 Å². The average molecular weight is 397 g/mol. The Hall–Kier alpha value is -2.60. The van der Waals surface area contributed by atoms with Crippen LogP contribution in [0.1, 0.15) is 31.7 Å². The molecule has 4 rings (SSSR count). The number of hydrogen-bond donors (Lipinski definition) is 0. The number of para-hydroxylation sites is 1. The molecule has 0 atom stereocenters. The van der Waals surface area contributed by atoms with Crippen LogP contribution in [0.15, 0.2) is 64.5 Å². The number of fused-ring (bicyclic) bond motifs is 1. The van der Waals surface area contributed by atoms with Crippen LogP contribution in [0.4, 0.5) is 11.4 Å². The monoisotopic (exact) mass is 396 g/mol. The normalized spacial score (nSPS) is 18.4. The number of likely N-dealkylation sites (tertiary alicyclic amines) is 1. The fourth-order valence-corrected chi connectivity index (χ4v) is 5.33. The van der Waals surface area contributed by atoms with Crippen molar-refractivity contribution < 1.29 is 13.2 Å². The SMILES string of the molecule is CCc1ccc(N2C=C(C(=O)N3CCCCC3)S(=O)(=O)c3ccccc32)cc1. The molecule has 2 aliphatic heterocycles. The predicted octanol–water partition coefficient (Wildman–Crippen LogP) is 4.03. The molecule has 6 heteroatoms. The molecule has 1 amide bonds. The van der Waals surface area contributed by atoms with Gasteiger partial charge in [0.25, 0.3) is 5.91 Å². The maximum absolute atomic E-state index is 13.2. The Labute approximate surface area is 166 Å². The minimum Gasteiger partial charge on any atom is -0.338 e. The van der Waals surface area contributed by atoms with E-state index in [-0.39, 0.29) is 9.80 Å². The molecule has 0 aromatic heterocycles. The van der Waals surface area contributed by atoms with Crippen LogP contribution in [0.25, 0.3) is 0 Å². The van der Waals surface area contributed by atoms with Crippen LogP contribution < -0.4 is 4.90 Å². The minimum atomic E-state index is -3.86. The highest BCUT2D eigenvalue weighted by atomic mass is 32.2. The second kappa shape index (κ2) is 7.43. The first-order chi connectivity index (χ1) is 13.5. The molecule has 5 nitrogen and oxygen atoms in total. The quantitative estimate of drug-likeness (QED) is 0.786. The highest BCUT2D eigenvalue weighted by molar-refractivity contribution is 7.96. The Morgan fingerprint density at radius 2 is 1.64 bits per heavy atom. The summed E-state index contributed by atoms with van der Waals surface area (Å²) in [5.41, 5.74) is 2.61. The van der Waals surface area contributed by atoms with Gasteiger partial charge in [0.05, 0.1) is 10.6 Å². The molecular formula is C22H24N2O3S. The first kappa shape index (κ1) is 18.7. The van der Waals surface area contributed by atoms with Crippen molar-refractivity contribution in [3.8, 4) is 0 Å². The van der Waals surface area contributed by atoms with Gasteiger partial charge >= 0.3 is 0 Å². The van der Waals surface area contributed by atoms with E-state index in [0.717, 1.165) is 31.4 Å². The summed E-state index contributed by atoms with van der Waals surface area (Å²) in [6.07, 6.45) is 5.33. The van der Waals surface area contributed by atoms with Gasteiger partial charge in [0.2, 0.25) is 9.84 Å². The van der Waals surface area contributed by atoms with Gasteiger partial charge in [-0.2, -0.15) is 0 Å². The molecule has 0 radical (unpaired) electrons. The number of nitrogens with zero attached hydrogens (tertiary/aromatic N) is 2. The number of amides is 1. The third-order valence-corrected chi connectivity index (χ3v) is 7.21. The average Bonchev–Trinajstić information content (AvgIpc) is 2.74. The molecule has 28 heavy (non-hydrogen) atoms. The highest BCUT2D eigenvalue weighted by Gasteiger charge is 2.37. The fourth-order valence-electron chi connectivity index (χ4n) is 3.79. The number of rotatable bonds is 3. The third-order valence-electron chi connectivity index (χ3n) is 5.43. The molecule has 0 aliphatic carbocycles. The number of hydrogen-bond acceptors (Lipinski definition) is 4. The van der Waals surface area contributed by atoms with Gasteiger partial charge in [-0.25, -0.2) is 8.42 Å². The van der Waals surface area contributed by atoms with E-state index in [9.17, 15) is 13.2 Å². The number of sulfone groups is 1. The van der Waals surface area contributed by atoms with Gasteiger partial charge in [0, 0.05) is 25.0 Å². The first-order valence-electron chi connectivity index (χ1n) is 9.76. The van der Waals surface area contributed by atoms with E-state index in [1.165, 1.54) is 11.8 Å². The standard InChI is InChI=1S/C22H24N2O3S/c1-2-17-10-12-18(13-11-17)24-16-21(22(25)23-14-6-3-7-15-23)28(26,27)20-9-5-4-8-19(20)24/h4-5,8-13,16H,2-3,6-7,14-15H2,1H3. The Morgan fingerprint density at radius 3 is 2.32 bits per heavy atom. The van der Waals surface area contributed by atoms with Crippen LogP contribution in [0.2, 0.25) is 0 Å². The van der Waals surface area contributed by atoms with Crippen LogP contribution in [0, 0.1) is 0 Å². The van der Waals surface area contributed by atoms with Crippen molar-refractivity contribution in [2.45, 2.75) is 37.5 Å². The molecule has 146 valence electrons. The minimum absolute atomic E-state index is 0.146. The molecule has 2 aliphatic rings. The summed E-state index contributed by atoms with van der Waals surface area (Å²) in [6.45, 7) is 3.31. The van der Waals surface area contributed by atoms with Crippen molar-refractivity contribution in [1.29, 1.82) is 0 Å². The summed E-state index contributed by atoms with van der Waals surface area (Å²) >= 11 is 0. The summed E-state index contributed by atoms with van der Waals surface area (Å²) in [5.74, 6) is -0.399. The summed E-state index contributed by atoms with van der Waals surface area (Å²) in [4.78, 5) is 16.6. The molecule has 0 unspecified atom stereocenters. The molecular weight excluding hydrogens is 372 g/mol. The number of carbonyl (C=O) groups excluding carboxylic acids is 1. The zero-order valence-electron chi connectivity index (χ0n) is 16.0. The van der Waals surface area contributed by atoms with Gasteiger partial charge in [-0.1, -0.05) is 31.2 Å². The van der Waals surface area contributed by atoms with Crippen molar-refractivity contribution in [2.75, 3.05) is 18.0 Å². The van der Waals surface area contributed by atoms with Crippen molar-refractivity contribution in [1.82, 2.24) is 4.90 Å². The lowest BCUT2D eigenvalue weighted by molar-refractivity contribution is -0.127. The second-order valence-corrected chi connectivity index (χ2v) is 9.09. The van der Waals surface area contributed by atoms with Crippen LogP contribution in [0.3, 0.4) is 0 Å². The Bertz CT molecular complexity index is 1020. The van der Waals surface area contributed by atoms with Gasteiger partial charge in [0.1, 0.15) is 0 Å². The molecule has 1 fully saturated rings. The molecule has 2 heterocycles. The lowest BCUT2D eigenvalue weighted by atomic mass is 10.1. The number of anilines is 2. The van der Waals surface area contributed by atoms with E-state index in [1.807, 2.05) is 35.2 Å². The van der Waals surface area contributed by atoms with Crippen LogP contribution in [-0.2, 0) is 21.1 Å². The van der Waals surface area contributed by atoms with Crippen LogP contribution in [0.5, 0.6) is 0 Å². The molecule has 0 saturated carbocycles. The highest BCUT2D eigenvalue weighted by Crippen LogP contribution is 2.40. The molecule has 1 saturated heterocycles. The molecule has 0 bridgehead atoms. The Morgan fingerprint density at radius 1 is 0.964 bits per heavy atom. The summed E-state index contributed by atoms with van der Waals surface area (Å²) in [5, 5.41) is 0. The van der Waals surface area contributed by atoms with E-state index in [1.54, 1.807) is 23.1 Å². The van der Waals surface area contributed by atoms with E-state index in [0.29, 0.717) is 18.8 Å². The second-order valence-electron chi connectivity index (χ2n) is 7.21. The van der Waals surface area contributed by atoms with Gasteiger partial charge in [0.15, 0.2) is 4.91 Å². The van der Waals surface area contributed by atoms with Crippen LogP contribution >= 0.6 is 0 Å². The van der Waals surface area contributed by atoms with Gasteiger partial charge in [-0.05, 0) is 55.5 Å².